The lowest BCUT2D eigenvalue weighted by atomic mass is 10.0. The molecule has 3 aromatic carbocycles. The molecule has 0 heterocycles. The van der Waals surface area contributed by atoms with E-state index < -0.39 is 18.2 Å². The zero-order valence-electron chi connectivity index (χ0n) is 15.9. The normalized spacial score (nSPS) is 10.5. The van der Waals surface area contributed by atoms with E-state index in [1.807, 2.05) is 30.3 Å². The van der Waals surface area contributed by atoms with Gasteiger partial charge in [-0.25, -0.2) is 5.43 Å². The second-order valence-electron chi connectivity index (χ2n) is 6.19. The first kappa shape index (κ1) is 20.9. The summed E-state index contributed by atoms with van der Waals surface area (Å²) in [4.78, 5) is 24.1. The van der Waals surface area contributed by atoms with Gasteiger partial charge in [-0.3, -0.25) is 9.59 Å². The molecule has 0 spiro atoms. The lowest BCUT2D eigenvalue weighted by molar-refractivity contribution is -0.126. The number of hydrazone groups is 1. The fourth-order valence-corrected chi connectivity index (χ4v) is 2.95. The van der Waals surface area contributed by atoms with Gasteiger partial charge in [0.2, 0.25) is 11.8 Å². The highest BCUT2D eigenvalue weighted by Crippen LogP contribution is 2.26. The van der Waals surface area contributed by atoms with Crippen molar-refractivity contribution in [1.82, 2.24) is 5.43 Å². The van der Waals surface area contributed by atoms with E-state index in [1.165, 1.54) is 6.21 Å². The van der Waals surface area contributed by atoms with Crippen LogP contribution in [0.4, 0.5) is 5.69 Å². The first-order valence-corrected chi connectivity index (χ1v) is 9.40. The van der Waals surface area contributed by atoms with Crippen molar-refractivity contribution in [2.24, 2.45) is 5.10 Å². The van der Waals surface area contributed by atoms with Crippen molar-refractivity contribution in [3.05, 3.63) is 71.2 Å². The molecule has 0 fully saturated rings. The summed E-state index contributed by atoms with van der Waals surface area (Å²) >= 11 is 5.99. The van der Waals surface area contributed by atoms with Gasteiger partial charge in [-0.2, -0.15) is 5.10 Å². The van der Waals surface area contributed by atoms with Gasteiger partial charge in [0, 0.05) is 5.56 Å². The third kappa shape index (κ3) is 5.37. The van der Waals surface area contributed by atoms with Crippen molar-refractivity contribution in [3.63, 3.8) is 0 Å². The maximum atomic E-state index is 12.1. The molecule has 0 aliphatic carbocycles. The Labute approximate surface area is 178 Å². The maximum absolute atomic E-state index is 12.1. The van der Waals surface area contributed by atoms with Crippen molar-refractivity contribution in [3.8, 4) is 18.1 Å². The van der Waals surface area contributed by atoms with Crippen LogP contribution >= 0.6 is 11.6 Å². The minimum Gasteiger partial charge on any atom is -0.480 e. The molecular formula is C23H18ClN3O3. The monoisotopic (exact) mass is 419 g/mol. The molecule has 0 unspecified atom stereocenters. The van der Waals surface area contributed by atoms with Gasteiger partial charge in [0.15, 0.2) is 0 Å². The highest BCUT2D eigenvalue weighted by Gasteiger charge is 2.11. The largest absolute Gasteiger partial charge is 0.480 e. The molecule has 150 valence electrons. The van der Waals surface area contributed by atoms with Crippen LogP contribution in [-0.2, 0) is 9.59 Å². The van der Waals surface area contributed by atoms with E-state index in [2.05, 4.69) is 21.8 Å². The number of para-hydroxylation sites is 1. The summed E-state index contributed by atoms with van der Waals surface area (Å²) in [6.07, 6.45) is 6.34. The average Bonchev–Trinajstić information content (AvgIpc) is 2.74. The lowest BCUT2D eigenvalue weighted by Gasteiger charge is -2.10. The van der Waals surface area contributed by atoms with Crippen molar-refractivity contribution in [2.75, 3.05) is 11.9 Å². The predicted octanol–water partition coefficient (Wildman–Crippen LogP) is 3.98. The standard InChI is InChI=1S/C23H18ClN3O3/c1-2-13-30-21-12-11-16-7-3-4-8-17(16)18(21)15-25-27-23(29)14-22(28)26-20-10-6-5-9-19(20)24/h1,3-12,15H,13-14H2,(H,26,28)(H,27,29). The highest BCUT2D eigenvalue weighted by molar-refractivity contribution is 6.33. The second-order valence-corrected chi connectivity index (χ2v) is 6.60. The fourth-order valence-electron chi connectivity index (χ4n) is 2.77. The Morgan fingerprint density at radius 2 is 1.83 bits per heavy atom. The quantitative estimate of drug-likeness (QED) is 0.263. The minimum atomic E-state index is -0.567. The molecule has 2 N–H and O–H groups in total. The number of nitrogens with zero attached hydrogens (tertiary/aromatic N) is 1. The summed E-state index contributed by atoms with van der Waals surface area (Å²) in [7, 11) is 0. The summed E-state index contributed by atoms with van der Waals surface area (Å²) in [5.74, 6) is 1.90. The topological polar surface area (TPSA) is 79.8 Å². The Bertz CT molecular complexity index is 1150. The summed E-state index contributed by atoms with van der Waals surface area (Å²) in [5, 5.41) is 8.82. The zero-order chi connectivity index (χ0) is 21.3. The van der Waals surface area contributed by atoms with Gasteiger partial charge in [-0.15, -0.1) is 6.42 Å². The number of carbonyl (C=O) groups excluding carboxylic acids is 2. The van der Waals surface area contributed by atoms with E-state index in [0.29, 0.717) is 22.0 Å². The summed E-state index contributed by atoms with van der Waals surface area (Å²) in [6, 6.07) is 18.2. The number of amides is 2. The van der Waals surface area contributed by atoms with Gasteiger partial charge in [0.25, 0.3) is 0 Å². The Morgan fingerprint density at radius 3 is 2.63 bits per heavy atom. The van der Waals surface area contributed by atoms with Crippen LogP contribution in [0.1, 0.15) is 12.0 Å². The summed E-state index contributed by atoms with van der Waals surface area (Å²) in [5.41, 5.74) is 3.46. The van der Waals surface area contributed by atoms with E-state index >= 15 is 0 Å². The second kappa shape index (κ2) is 10.1. The summed E-state index contributed by atoms with van der Waals surface area (Å²) < 4.78 is 5.58. The zero-order valence-corrected chi connectivity index (χ0v) is 16.6. The SMILES string of the molecule is C#CCOc1ccc2ccccc2c1C=NNC(=O)CC(=O)Nc1ccccc1Cl. The molecular weight excluding hydrogens is 402 g/mol. The molecule has 0 aliphatic rings. The Hall–Kier alpha value is -3.82. The third-order valence-electron chi connectivity index (χ3n) is 4.09. The minimum absolute atomic E-state index is 0.105. The van der Waals surface area contributed by atoms with E-state index in [4.69, 9.17) is 22.8 Å². The number of terminal acetylenes is 1. The number of carbonyl (C=O) groups is 2. The molecule has 0 aliphatic heterocycles. The molecule has 0 radical (unpaired) electrons. The van der Waals surface area contributed by atoms with Crippen LogP contribution < -0.4 is 15.5 Å². The molecule has 30 heavy (non-hydrogen) atoms. The van der Waals surface area contributed by atoms with Gasteiger partial charge >= 0.3 is 0 Å². The average molecular weight is 420 g/mol. The molecule has 3 aromatic rings. The van der Waals surface area contributed by atoms with Crippen LogP contribution in [0.25, 0.3) is 10.8 Å². The Kier molecular flexibility index (Phi) is 7.04. The van der Waals surface area contributed by atoms with Gasteiger partial charge in [0.05, 0.1) is 16.9 Å². The van der Waals surface area contributed by atoms with Crippen molar-refractivity contribution in [1.29, 1.82) is 0 Å². The molecule has 0 saturated heterocycles. The number of nitrogens with one attached hydrogen (secondary N) is 2. The number of ether oxygens (including phenoxy) is 1. The number of fused-ring (bicyclic) bond motifs is 1. The molecule has 0 bridgehead atoms. The van der Waals surface area contributed by atoms with Crippen molar-refractivity contribution >= 4 is 46.1 Å². The third-order valence-corrected chi connectivity index (χ3v) is 4.42. The fraction of sp³-hybridized carbons (Fsp3) is 0.0870. The number of halogens is 1. The van der Waals surface area contributed by atoms with Gasteiger partial charge in [-0.1, -0.05) is 60.0 Å². The smallest absolute Gasteiger partial charge is 0.249 e. The molecule has 2 amide bonds. The molecule has 0 atom stereocenters. The Morgan fingerprint density at radius 1 is 1.07 bits per heavy atom. The van der Waals surface area contributed by atoms with Crippen molar-refractivity contribution in [2.45, 2.75) is 6.42 Å². The van der Waals surface area contributed by atoms with Crippen LogP contribution in [-0.4, -0.2) is 24.6 Å². The van der Waals surface area contributed by atoms with E-state index in [9.17, 15) is 9.59 Å². The van der Waals surface area contributed by atoms with Gasteiger partial charge < -0.3 is 10.1 Å². The molecule has 6 nitrogen and oxygen atoms in total. The van der Waals surface area contributed by atoms with Crippen LogP contribution in [0, 0.1) is 12.3 Å². The lowest BCUT2D eigenvalue weighted by Crippen LogP contribution is -2.24. The highest BCUT2D eigenvalue weighted by atomic mass is 35.5. The Balaban J connectivity index is 1.68. The molecule has 7 heteroatoms. The molecule has 0 saturated carbocycles. The van der Waals surface area contributed by atoms with Crippen LogP contribution in [0.3, 0.4) is 0 Å². The number of hydrogen-bond donors (Lipinski definition) is 2. The van der Waals surface area contributed by atoms with Gasteiger partial charge in [-0.05, 0) is 29.0 Å². The number of anilines is 1. The van der Waals surface area contributed by atoms with Crippen LogP contribution in [0.5, 0.6) is 5.75 Å². The van der Waals surface area contributed by atoms with Gasteiger partial charge in [0.1, 0.15) is 18.8 Å². The first-order valence-electron chi connectivity index (χ1n) is 9.03. The predicted molar refractivity (Wildman–Crippen MR) is 119 cm³/mol. The van der Waals surface area contributed by atoms with Crippen LogP contribution in [0.15, 0.2) is 65.8 Å². The molecule has 3 rings (SSSR count). The number of rotatable bonds is 7. The first-order chi connectivity index (χ1) is 14.6. The van der Waals surface area contributed by atoms with Crippen molar-refractivity contribution < 1.29 is 14.3 Å². The summed E-state index contributed by atoms with van der Waals surface area (Å²) in [6.45, 7) is 0.105. The number of benzene rings is 3. The number of hydrogen-bond acceptors (Lipinski definition) is 4. The van der Waals surface area contributed by atoms with E-state index in [-0.39, 0.29) is 6.61 Å². The van der Waals surface area contributed by atoms with Crippen LogP contribution in [0.2, 0.25) is 5.02 Å². The van der Waals surface area contributed by atoms with E-state index in [1.54, 1.807) is 30.3 Å². The van der Waals surface area contributed by atoms with E-state index in [0.717, 1.165) is 10.8 Å². The molecule has 0 aromatic heterocycles. The maximum Gasteiger partial charge on any atom is 0.249 e.